The molecule has 6 rings (SSSR count). The monoisotopic (exact) mass is 613 g/mol. The maximum atomic E-state index is 6.17. The first-order chi connectivity index (χ1) is 21.3. The molecule has 7 heteroatoms. The molecule has 4 aromatic carbocycles. The molecule has 0 spiro atoms. The highest BCUT2D eigenvalue weighted by atomic mass is 32.1. The average Bonchev–Trinajstić information content (AvgIpc) is 3.71. The van der Waals surface area contributed by atoms with Gasteiger partial charge in [-0.25, -0.2) is 0 Å². The summed E-state index contributed by atoms with van der Waals surface area (Å²) in [5, 5.41) is 14.7. The Balaban J connectivity index is 1.52. The zero-order valence-corrected chi connectivity index (χ0v) is 27.7. The number of benzene rings is 4. The van der Waals surface area contributed by atoms with Gasteiger partial charge in [-0.1, -0.05) is 136 Å². The van der Waals surface area contributed by atoms with E-state index in [2.05, 4.69) is 131 Å². The fourth-order valence-corrected chi connectivity index (χ4v) is 7.48. The van der Waals surface area contributed by atoms with E-state index in [1.807, 2.05) is 35.6 Å². The summed E-state index contributed by atoms with van der Waals surface area (Å²) in [7, 11) is -0.805. The molecule has 5 nitrogen and oxygen atoms in total. The van der Waals surface area contributed by atoms with Gasteiger partial charge in [0.2, 0.25) is 14.9 Å². The number of aromatic nitrogens is 4. The smallest absolute Gasteiger partial charge is 0.205 e. The van der Waals surface area contributed by atoms with Crippen LogP contribution in [0.15, 0.2) is 121 Å². The second kappa shape index (κ2) is 12.4. The van der Waals surface area contributed by atoms with Gasteiger partial charge in [0.25, 0.3) is 0 Å². The summed E-state index contributed by atoms with van der Waals surface area (Å²) in [6.45, 7) is 11.8. The molecular weight excluding hydrogens is 577 g/mol. The minimum Gasteiger partial charge on any atom is -0.413 e. The van der Waals surface area contributed by atoms with E-state index >= 15 is 0 Å². The van der Waals surface area contributed by atoms with E-state index in [1.54, 1.807) is 4.80 Å². The van der Waals surface area contributed by atoms with Crippen LogP contribution in [-0.4, -0.2) is 29.2 Å². The molecule has 0 saturated carbocycles. The maximum absolute atomic E-state index is 6.17. The lowest BCUT2D eigenvalue weighted by Crippen LogP contribution is -2.39. The summed E-state index contributed by atoms with van der Waals surface area (Å²) < 4.78 is 6.17. The largest absolute Gasteiger partial charge is 0.413 e. The molecule has 0 aliphatic rings. The van der Waals surface area contributed by atoms with Gasteiger partial charge in [0.1, 0.15) is 0 Å². The molecule has 0 aliphatic heterocycles. The minimum absolute atomic E-state index is 0.00692. The summed E-state index contributed by atoms with van der Waals surface area (Å²) >= 11 is 1.83. The molecule has 6 aromatic rings. The SMILES string of the molecule is C[Si](C)OCc1cc(-c2ccccc2-c2nnn(C(c3ccccc3)(c3ccccc3)c3ccccc3)n2)sc1C(C)(C)C. The zero-order valence-electron chi connectivity index (χ0n) is 25.9. The second-order valence-corrected chi connectivity index (χ2v) is 15.3. The highest BCUT2D eigenvalue weighted by Gasteiger charge is 2.41. The molecule has 0 atom stereocenters. The van der Waals surface area contributed by atoms with Crippen LogP contribution in [0.5, 0.6) is 0 Å². The number of thiophene rings is 1. The fraction of sp³-hybridized carbons (Fsp3) is 0.216. The van der Waals surface area contributed by atoms with Crippen LogP contribution >= 0.6 is 11.3 Å². The molecule has 0 aliphatic carbocycles. The van der Waals surface area contributed by atoms with Gasteiger partial charge in [0, 0.05) is 20.9 Å². The third kappa shape index (κ3) is 5.71. The molecule has 0 saturated heterocycles. The molecule has 0 unspecified atom stereocenters. The van der Waals surface area contributed by atoms with Crippen molar-refractivity contribution < 1.29 is 4.43 Å². The Labute approximate surface area is 265 Å². The lowest BCUT2D eigenvalue weighted by Gasteiger charge is -2.34. The van der Waals surface area contributed by atoms with Crippen molar-refractivity contribution in [2.75, 3.05) is 0 Å². The van der Waals surface area contributed by atoms with Gasteiger partial charge in [0.15, 0.2) is 5.54 Å². The van der Waals surface area contributed by atoms with Crippen molar-refractivity contribution in [1.82, 2.24) is 20.2 Å². The maximum Gasteiger partial charge on any atom is 0.205 e. The van der Waals surface area contributed by atoms with Crippen molar-refractivity contribution >= 4 is 20.4 Å². The number of rotatable bonds is 9. The van der Waals surface area contributed by atoms with Gasteiger partial charge in [-0.05, 0) is 52.0 Å². The van der Waals surface area contributed by atoms with E-state index in [9.17, 15) is 0 Å². The molecule has 0 amide bonds. The van der Waals surface area contributed by atoms with Crippen LogP contribution in [0, 0.1) is 0 Å². The molecular formula is C37H37N4OSSi. The molecule has 2 aromatic heterocycles. The highest BCUT2D eigenvalue weighted by molar-refractivity contribution is 7.15. The highest BCUT2D eigenvalue weighted by Crippen LogP contribution is 2.43. The molecule has 0 fully saturated rings. The standard InChI is InChI=1S/C37H37N4OSSi/c1-36(2,3)34-27(26-42-44(4)5)25-33(43-34)31-23-15-16-24-32(31)35-38-40-41(39-35)37(28-17-9-6-10-18-28,29-19-11-7-12-20-29)30-21-13-8-14-22-30/h6-25H,26H2,1-5H3. The lowest BCUT2D eigenvalue weighted by atomic mass is 9.77. The van der Waals surface area contributed by atoms with Crippen LogP contribution in [0.4, 0.5) is 0 Å². The first-order valence-corrected chi connectivity index (χ1v) is 18.1. The van der Waals surface area contributed by atoms with Crippen molar-refractivity contribution in [1.29, 1.82) is 0 Å². The predicted octanol–water partition coefficient (Wildman–Crippen LogP) is 8.97. The first kappa shape index (κ1) is 29.9. The van der Waals surface area contributed by atoms with Crippen LogP contribution in [0.25, 0.3) is 21.8 Å². The lowest BCUT2D eigenvalue weighted by molar-refractivity contribution is 0.312. The second-order valence-electron chi connectivity index (χ2n) is 12.2. The zero-order chi connectivity index (χ0) is 30.7. The fourth-order valence-electron chi connectivity index (χ4n) is 5.77. The van der Waals surface area contributed by atoms with Crippen LogP contribution in [0.3, 0.4) is 0 Å². The molecule has 0 bridgehead atoms. The van der Waals surface area contributed by atoms with Gasteiger partial charge in [-0.2, -0.15) is 0 Å². The molecule has 221 valence electrons. The van der Waals surface area contributed by atoms with Crippen LogP contribution in [0.1, 0.15) is 47.9 Å². The number of hydrogen-bond acceptors (Lipinski definition) is 5. The number of tetrazole rings is 1. The van der Waals surface area contributed by atoms with Crippen molar-refractivity contribution in [2.24, 2.45) is 0 Å². The quantitative estimate of drug-likeness (QED) is 0.121. The summed E-state index contributed by atoms with van der Waals surface area (Å²) in [5.41, 5.74) is 5.65. The molecule has 1 radical (unpaired) electrons. The van der Waals surface area contributed by atoms with Crippen LogP contribution < -0.4 is 0 Å². The van der Waals surface area contributed by atoms with Gasteiger partial charge < -0.3 is 4.43 Å². The van der Waals surface area contributed by atoms with Crippen molar-refractivity contribution in [3.63, 3.8) is 0 Å². The van der Waals surface area contributed by atoms with Gasteiger partial charge >= 0.3 is 0 Å². The Kier molecular flexibility index (Phi) is 8.45. The third-order valence-electron chi connectivity index (χ3n) is 7.73. The molecule has 2 heterocycles. The molecule has 0 N–H and O–H groups in total. The Bertz CT molecular complexity index is 1730. The number of nitrogens with zero attached hydrogens (tertiary/aromatic N) is 4. The predicted molar refractivity (Wildman–Crippen MR) is 182 cm³/mol. The van der Waals surface area contributed by atoms with Crippen molar-refractivity contribution in [3.8, 4) is 21.8 Å². The minimum atomic E-state index is -0.823. The molecule has 44 heavy (non-hydrogen) atoms. The van der Waals surface area contributed by atoms with Crippen LogP contribution in [0.2, 0.25) is 13.1 Å². The van der Waals surface area contributed by atoms with Crippen LogP contribution in [-0.2, 0) is 22.0 Å². The normalized spacial score (nSPS) is 12.1. The van der Waals surface area contributed by atoms with Crippen molar-refractivity contribution in [2.45, 2.75) is 51.4 Å². The van der Waals surface area contributed by atoms with E-state index < -0.39 is 14.6 Å². The summed E-state index contributed by atoms with van der Waals surface area (Å²) in [4.78, 5) is 4.32. The van der Waals surface area contributed by atoms with E-state index in [1.165, 1.54) is 15.3 Å². The van der Waals surface area contributed by atoms with E-state index in [4.69, 9.17) is 19.8 Å². The number of hydrogen-bond donors (Lipinski definition) is 0. The van der Waals surface area contributed by atoms with Crippen molar-refractivity contribution in [3.05, 3.63) is 148 Å². The first-order valence-electron chi connectivity index (χ1n) is 14.9. The Morgan fingerprint density at radius 2 is 1.20 bits per heavy atom. The van der Waals surface area contributed by atoms with E-state index in [0.717, 1.165) is 27.8 Å². The summed E-state index contributed by atoms with van der Waals surface area (Å²) in [6, 6.07) is 42.0. The topological polar surface area (TPSA) is 52.8 Å². The van der Waals surface area contributed by atoms with E-state index in [0.29, 0.717) is 12.4 Å². The Morgan fingerprint density at radius 3 is 1.70 bits per heavy atom. The Hall–Kier alpha value is -4.17. The van der Waals surface area contributed by atoms with Gasteiger partial charge in [-0.3, -0.25) is 0 Å². The Morgan fingerprint density at radius 1 is 0.705 bits per heavy atom. The third-order valence-corrected chi connectivity index (χ3v) is 10.1. The van der Waals surface area contributed by atoms with E-state index in [-0.39, 0.29) is 5.41 Å². The summed E-state index contributed by atoms with van der Waals surface area (Å²) in [6.07, 6.45) is 0. The average molecular weight is 614 g/mol. The summed E-state index contributed by atoms with van der Waals surface area (Å²) in [5.74, 6) is 0.587. The van der Waals surface area contributed by atoms with Gasteiger partial charge in [-0.15, -0.1) is 26.3 Å². The van der Waals surface area contributed by atoms with Gasteiger partial charge in [0.05, 0.1) is 6.61 Å².